The Morgan fingerprint density at radius 3 is 2.89 bits per heavy atom. The molecule has 4 rings (SSSR count). The molecule has 1 saturated heterocycles. The van der Waals surface area contributed by atoms with Gasteiger partial charge in [0.1, 0.15) is 5.52 Å². The fourth-order valence-electron chi connectivity index (χ4n) is 3.54. The van der Waals surface area contributed by atoms with Crippen molar-refractivity contribution in [3.05, 3.63) is 36.2 Å². The largest absolute Gasteiger partial charge is 0.481 e. The Morgan fingerprint density at radius 1 is 1.32 bits per heavy atom. The van der Waals surface area contributed by atoms with Crippen molar-refractivity contribution in [2.45, 2.75) is 19.4 Å². The number of aromatic nitrogens is 4. The molecule has 1 aromatic carbocycles. The van der Waals surface area contributed by atoms with Gasteiger partial charge in [-0.3, -0.25) is 9.69 Å². The van der Waals surface area contributed by atoms with Crippen LogP contribution in [0.15, 0.2) is 30.6 Å². The fourth-order valence-corrected chi connectivity index (χ4v) is 3.54. The highest BCUT2D eigenvalue weighted by Crippen LogP contribution is 2.23. The Hall–Kier alpha value is -3.20. The van der Waals surface area contributed by atoms with Crippen LogP contribution in [0.4, 0.5) is 17.5 Å². The third-order valence-corrected chi connectivity index (χ3v) is 5.05. The number of fused-ring (bicyclic) bond motifs is 1. The highest BCUT2D eigenvalue weighted by molar-refractivity contribution is 5.84. The van der Waals surface area contributed by atoms with Crippen molar-refractivity contribution in [3.8, 4) is 0 Å². The minimum absolute atomic E-state index is 0.209. The van der Waals surface area contributed by atoms with Crippen LogP contribution in [0.1, 0.15) is 18.4 Å². The molecule has 1 fully saturated rings. The molecule has 3 aromatic rings. The molecule has 0 aliphatic carbocycles. The third kappa shape index (κ3) is 3.89. The van der Waals surface area contributed by atoms with Crippen LogP contribution in [0, 0.1) is 5.92 Å². The van der Waals surface area contributed by atoms with Gasteiger partial charge in [0.2, 0.25) is 5.95 Å². The number of H-pyrrole nitrogens is 1. The van der Waals surface area contributed by atoms with Gasteiger partial charge in [-0.05, 0) is 43.6 Å². The van der Waals surface area contributed by atoms with Crippen LogP contribution >= 0.6 is 0 Å². The number of rotatable bonds is 6. The van der Waals surface area contributed by atoms with Crippen LogP contribution in [-0.4, -0.2) is 56.0 Å². The molecule has 0 unspecified atom stereocenters. The average molecular weight is 381 g/mol. The Morgan fingerprint density at radius 2 is 2.14 bits per heavy atom. The molecule has 4 N–H and O–H groups in total. The van der Waals surface area contributed by atoms with Gasteiger partial charge in [0, 0.05) is 19.3 Å². The molecule has 146 valence electrons. The summed E-state index contributed by atoms with van der Waals surface area (Å²) in [5, 5.41) is 15.4. The van der Waals surface area contributed by atoms with Crippen molar-refractivity contribution in [1.82, 2.24) is 24.8 Å². The molecule has 3 heterocycles. The van der Waals surface area contributed by atoms with Crippen LogP contribution in [0.2, 0.25) is 0 Å². The summed E-state index contributed by atoms with van der Waals surface area (Å²) in [5.41, 5.74) is 3.43. The number of carboxylic acids is 1. The van der Waals surface area contributed by atoms with Gasteiger partial charge in [-0.1, -0.05) is 12.1 Å². The fraction of sp³-hybridized carbons (Fsp3) is 0.368. The van der Waals surface area contributed by atoms with E-state index < -0.39 is 5.97 Å². The van der Waals surface area contributed by atoms with Gasteiger partial charge in [-0.25, -0.2) is 4.98 Å². The predicted molar refractivity (Wildman–Crippen MR) is 107 cm³/mol. The lowest BCUT2D eigenvalue weighted by Gasteiger charge is -2.30. The molecule has 0 saturated carbocycles. The number of hydrogen-bond acceptors (Lipinski definition) is 7. The number of carboxylic acid groups (broad SMARTS) is 1. The number of benzene rings is 1. The van der Waals surface area contributed by atoms with E-state index in [1.807, 2.05) is 12.1 Å². The van der Waals surface area contributed by atoms with E-state index in [4.69, 9.17) is 5.11 Å². The van der Waals surface area contributed by atoms with Crippen LogP contribution in [0.3, 0.4) is 0 Å². The van der Waals surface area contributed by atoms with Crippen LogP contribution in [0.25, 0.3) is 11.2 Å². The molecule has 2 aromatic heterocycles. The number of nitrogens with zero attached hydrogens (tertiary/aromatic N) is 4. The van der Waals surface area contributed by atoms with Gasteiger partial charge in [0.25, 0.3) is 0 Å². The number of aromatic amines is 1. The summed E-state index contributed by atoms with van der Waals surface area (Å²) in [7, 11) is 1.81. The monoisotopic (exact) mass is 381 g/mol. The smallest absolute Gasteiger partial charge is 0.306 e. The summed E-state index contributed by atoms with van der Waals surface area (Å²) in [4.78, 5) is 29.6. The van der Waals surface area contributed by atoms with Crippen molar-refractivity contribution < 1.29 is 9.90 Å². The first-order valence-electron chi connectivity index (χ1n) is 9.32. The molecule has 28 heavy (non-hydrogen) atoms. The second-order valence-corrected chi connectivity index (χ2v) is 6.96. The highest BCUT2D eigenvalue weighted by atomic mass is 16.4. The molecule has 0 bridgehead atoms. The van der Waals surface area contributed by atoms with E-state index in [1.165, 1.54) is 0 Å². The quantitative estimate of drug-likeness (QED) is 0.514. The zero-order chi connectivity index (χ0) is 19.5. The van der Waals surface area contributed by atoms with Crippen molar-refractivity contribution in [2.24, 2.45) is 5.92 Å². The summed E-state index contributed by atoms with van der Waals surface area (Å²) in [6.07, 6.45) is 3.01. The normalized spacial score (nSPS) is 15.6. The lowest BCUT2D eigenvalue weighted by Crippen LogP contribution is -2.35. The van der Waals surface area contributed by atoms with Gasteiger partial charge >= 0.3 is 5.97 Å². The Labute approximate surface area is 162 Å². The van der Waals surface area contributed by atoms with Gasteiger partial charge in [-0.2, -0.15) is 9.97 Å². The van der Waals surface area contributed by atoms with E-state index in [9.17, 15) is 4.79 Å². The molecule has 0 radical (unpaired) electrons. The van der Waals surface area contributed by atoms with Gasteiger partial charge in [-0.15, -0.1) is 0 Å². The molecule has 0 amide bonds. The average Bonchev–Trinajstić information content (AvgIpc) is 3.16. The molecule has 1 aliphatic rings. The van der Waals surface area contributed by atoms with E-state index in [1.54, 1.807) is 13.4 Å². The van der Waals surface area contributed by atoms with Crippen molar-refractivity contribution in [3.63, 3.8) is 0 Å². The Bertz CT molecular complexity index is 979. The molecular formula is C19H23N7O2. The molecule has 0 atom stereocenters. The number of imidazole rings is 1. The zero-order valence-electron chi connectivity index (χ0n) is 15.6. The molecule has 9 nitrogen and oxygen atoms in total. The van der Waals surface area contributed by atoms with Gasteiger partial charge in [0.05, 0.1) is 12.2 Å². The Balaban J connectivity index is 1.45. The van der Waals surface area contributed by atoms with E-state index >= 15 is 0 Å². The Kier molecular flexibility index (Phi) is 5.07. The number of aliphatic carboxylic acids is 1. The lowest BCUT2D eigenvalue weighted by molar-refractivity contribution is -0.143. The second-order valence-electron chi connectivity index (χ2n) is 6.96. The minimum atomic E-state index is -0.680. The summed E-state index contributed by atoms with van der Waals surface area (Å²) in [6, 6.07) is 8.11. The van der Waals surface area contributed by atoms with Crippen molar-refractivity contribution >= 4 is 34.6 Å². The van der Waals surface area contributed by atoms with Gasteiger partial charge < -0.3 is 20.7 Å². The first kappa shape index (κ1) is 18.2. The standard InChI is InChI=1S/C19H23N7O2/c1-20-16-15-17(22-11-21-15)25-19(24-16)23-14-4-2-3-12(9-14)10-26-7-5-13(6-8-26)18(27)28/h2-4,9,11,13H,5-8,10H2,1H3,(H,27,28)(H3,20,21,22,23,24,25). The molecule has 9 heteroatoms. The zero-order valence-corrected chi connectivity index (χ0v) is 15.6. The van der Waals surface area contributed by atoms with Crippen LogP contribution in [0.5, 0.6) is 0 Å². The number of likely N-dealkylation sites (tertiary alicyclic amines) is 1. The SMILES string of the molecule is CNc1nc(Nc2cccc(CN3CCC(C(=O)O)CC3)c2)nc2nc[nH]c12. The van der Waals surface area contributed by atoms with Crippen LogP contribution < -0.4 is 10.6 Å². The maximum absolute atomic E-state index is 11.1. The third-order valence-electron chi connectivity index (χ3n) is 5.05. The maximum atomic E-state index is 11.1. The van der Waals surface area contributed by atoms with Crippen molar-refractivity contribution in [1.29, 1.82) is 0 Å². The summed E-state index contributed by atoms with van der Waals surface area (Å²) in [5.74, 6) is 0.270. The predicted octanol–water partition coefficient (Wildman–Crippen LogP) is 2.43. The van der Waals surface area contributed by atoms with Crippen molar-refractivity contribution in [2.75, 3.05) is 30.8 Å². The second kappa shape index (κ2) is 7.81. The number of anilines is 3. The topological polar surface area (TPSA) is 119 Å². The van der Waals surface area contributed by atoms with E-state index in [-0.39, 0.29) is 5.92 Å². The lowest BCUT2D eigenvalue weighted by atomic mass is 9.97. The summed E-state index contributed by atoms with van der Waals surface area (Å²) < 4.78 is 0. The maximum Gasteiger partial charge on any atom is 0.306 e. The van der Waals surface area contributed by atoms with E-state index in [2.05, 4.69) is 47.6 Å². The first-order chi connectivity index (χ1) is 13.6. The van der Waals surface area contributed by atoms with Crippen LogP contribution in [-0.2, 0) is 11.3 Å². The van der Waals surface area contributed by atoms with E-state index in [0.717, 1.165) is 36.4 Å². The number of piperidine rings is 1. The van der Waals surface area contributed by atoms with E-state index in [0.29, 0.717) is 30.3 Å². The molecule has 1 aliphatic heterocycles. The highest BCUT2D eigenvalue weighted by Gasteiger charge is 2.24. The number of hydrogen-bond donors (Lipinski definition) is 4. The summed E-state index contributed by atoms with van der Waals surface area (Å²) >= 11 is 0. The summed E-state index contributed by atoms with van der Waals surface area (Å²) in [6.45, 7) is 2.40. The number of nitrogens with one attached hydrogen (secondary N) is 3. The van der Waals surface area contributed by atoms with Gasteiger partial charge in [0.15, 0.2) is 11.5 Å². The molecule has 0 spiro atoms. The minimum Gasteiger partial charge on any atom is -0.481 e. The number of carbonyl (C=O) groups is 1. The first-order valence-corrected chi connectivity index (χ1v) is 9.32. The molecular weight excluding hydrogens is 358 g/mol.